The van der Waals surface area contributed by atoms with Gasteiger partial charge in [-0.05, 0) is 42.4 Å². The zero-order valence-electron chi connectivity index (χ0n) is 14.3. The normalized spacial score (nSPS) is 27.5. The van der Waals surface area contributed by atoms with Gasteiger partial charge in [-0.2, -0.15) is 0 Å². The van der Waals surface area contributed by atoms with E-state index in [-0.39, 0.29) is 17.7 Å². The van der Waals surface area contributed by atoms with Crippen LogP contribution in [-0.4, -0.2) is 43.0 Å². The summed E-state index contributed by atoms with van der Waals surface area (Å²) < 4.78 is 5.27. The number of amides is 2. The topological polar surface area (TPSA) is 58.6 Å². The van der Waals surface area contributed by atoms with Crippen LogP contribution in [0.25, 0.3) is 0 Å². The molecule has 4 rings (SSSR count). The number of nitrogens with one attached hydrogen (secondary N) is 1. The lowest BCUT2D eigenvalue weighted by molar-refractivity contribution is -0.134. The van der Waals surface area contributed by atoms with Crippen LogP contribution in [-0.2, 0) is 20.7 Å². The fourth-order valence-corrected chi connectivity index (χ4v) is 4.12. The molecule has 2 bridgehead atoms. The molecule has 1 aliphatic heterocycles. The molecule has 1 N–H and O–H groups in total. The third-order valence-electron chi connectivity index (χ3n) is 5.56. The third-order valence-corrected chi connectivity index (χ3v) is 5.56. The molecular formula is C20H24N2O3. The van der Waals surface area contributed by atoms with E-state index >= 15 is 0 Å². The van der Waals surface area contributed by atoms with Crippen molar-refractivity contribution < 1.29 is 14.3 Å². The summed E-state index contributed by atoms with van der Waals surface area (Å²) in [6.07, 6.45) is 6.93. The van der Waals surface area contributed by atoms with E-state index in [1.54, 1.807) is 0 Å². The van der Waals surface area contributed by atoms with E-state index in [0.29, 0.717) is 44.6 Å². The summed E-state index contributed by atoms with van der Waals surface area (Å²) in [6.45, 7) is 2.58. The van der Waals surface area contributed by atoms with Gasteiger partial charge in [-0.25, -0.2) is 0 Å². The van der Waals surface area contributed by atoms with E-state index in [9.17, 15) is 9.59 Å². The molecule has 2 amide bonds. The first kappa shape index (κ1) is 16.3. The molecule has 1 aromatic rings. The number of nitrogens with zero attached hydrogens (tertiary/aromatic N) is 1. The Morgan fingerprint density at radius 1 is 1.08 bits per heavy atom. The lowest BCUT2D eigenvalue weighted by atomic mass is 9.93. The number of hydrogen-bond acceptors (Lipinski definition) is 3. The number of benzene rings is 1. The highest BCUT2D eigenvalue weighted by atomic mass is 16.5. The SMILES string of the molecule is O=C(Nc1ccc(CC(=O)N2CCOCC2)cc1)[C@H]1C[C@H]2C=C[C@H]1C2. The monoisotopic (exact) mass is 340 g/mol. The van der Waals surface area contributed by atoms with Crippen LogP contribution in [0.15, 0.2) is 36.4 Å². The number of carbonyl (C=O) groups excluding carboxylic acids is 2. The molecule has 0 spiro atoms. The van der Waals surface area contributed by atoms with Crippen molar-refractivity contribution in [2.75, 3.05) is 31.6 Å². The van der Waals surface area contributed by atoms with Crippen LogP contribution >= 0.6 is 0 Å². The van der Waals surface area contributed by atoms with E-state index < -0.39 is 0 Å². The minimum absolute atomic E-state index is 0.109. The van der Waals surface area contributed by atoms with Crippen LogP contribution in [0.2, 0.25) is 0 Å². The third kappa shape index (κ3) is 3.61. The van der Waals surface area contributed by atoms with Crippen molar-refractivity contribution in [1.29, 1.82) is 0 Å². The molecule has 2 fully saturated rings. The Balaban J connectivity index is 1.31. The zero-order chi connectivity index (χ0) is 17.2. The Bertz CT molecular complexity index is 677. The van der Waals surface area contributed by atoms with Gasteiger partial charge >= 0.3 is 0 Å². The molecule has 0 unspecified atom stereocenters. The Labute approximate surface area is 148 Å². The van der Waals surface area contributed by atoms with Gasteiger partial charge in [0, 0.05) is 24.7 Å². The largest absolute Gasteiger partial charge is 0.378 e. The Morgan fingerprint density at radius 3 is 2.48 bits per heavy atom. The van der Waals surface area contributed by atoms with Crippen molar-refractivity contribution in [3.05, 3.63) is 42.0 Å². The molecule has 1 aromatic carbocycles. The standard InChI is InChI=1S/C20H24N2O3/c23-19(22-7-9-25-10-8-22)13-14-2-5-17(6-3-14)21-20(24)18-12-15-1-4-16(18)11-15/h1-6,15-16,18H,7-13H2,(H,21,24)/t15-,16-,18-/m0/s1. The zero-order valence-corrected chi connectivity index (χ0v) is 14.3. The Kier molecular flexibility index (Phi) is 4.57. The number of rotatable bonds is 4. The molecular weight excluding hydrogens is 316 g/mol. The maximum Gasteiger partial charge on any atom is 0.228 e. The van der Waals surface area contributed by atoms with Crippen molar-refractivity contribution in [2.45, 2.75) is 19.3 Å². The molecule has 1 saturated carbocycles. The minimum atomic E-state index is 0.109. The number of anilines is 1. The van der Waals surface area contributed by atoms with Crippen LogP contribution in [0.3, 0.4) is 0 Å². The van der Waals surface area contributed by atoms with E-state index in [0.717, 1.165) is 24.1 Å². The second-order valence-electron chi connectivity index (χ2n) is 7.24. The number of hydrogen-bond donors (Lipinski definition) is 1. The predicted molar refractivity (Wildman–Crippen MR) is 95.0 cm³/mol. The highest BCUT2D eigenvalue weighted by molar-refractivity contribution is 5.93. The predicted octanol–water partition coefficient (Wildman–Crippen LogP) is 2.24. The van der Waals surface area contributed by atoms with E-state index in [1.165, 1.54) is 0 Å². The number of carbonyl (C=O) groups is 2. The Morgan fingerprint density at radius 2 is 1.84 bits per heavy atom. The number of fused-ring (bicyclic) bond motifs is 2. The number of allylic oxidation sites excluding steroid dienone is 2. The van der Waals surface area contributed by atoms with Gasteiger partial charge in [0.25, 0.3) is 0 Å². The van der Waals surface area contributed by atoms with E-state index in [2.05, 4.69) is 17.5 Å². The van der Waals surface area contributed by atoms with Crippen LogP contribution in [0.4, 0.5) is 5.69 Å². The Hall–Kier alpha value is -2.14. The minimum Gasteiger partial charge on any atom is -0.378 e. The summed E-state index contributed by atoms with van der Waals surface area (Å²) in [6, 6.07) is 7.63. The first-order valence-electron chi connectivity index (χ1n) is 9.13. The quantitative estimate of drug-likeness (QED) is 0.855. The summed E-state index contributed by atoms with van der Waals surface area (Å²) in [5, 5.41) is 3.03. The average Bonchev–Trinajstić information content (AvgIpc) is 3.27. The van der Waals surface area contributed by atoms with Crippen molar-refractivity contribution in [3.63, 3.8) is 0 Å². The lowest BCUT2D eigenvalue weighted by Gasteiger charge is -2.26. The number of morpholine rings is 1. The van der Waals surface area contributed by atoms with Gasteiger partial charge in [0.2, 0.25) is 11.8 Å². The molecule has 3 atom stereocenters. The maximum atomic E-state index is 12.5. The van der Waals surface area contributed by atoms with Crippen LogP contribution in [0.5, 0.6) is 0 Å². The summed E-state index contributed by atoms with van der Waals surface area (Å²) in [5.74, 6) is 1.37. The smallest absolute Gasteiger partial charge is 0.228 e. The number of ether oxygens (including phenoxy) is 1. The van der Waals surface area contributed by atoms with Crippen molar-refractivity contribution in [1.82, 2.24) is 4.90 Å². The van der Waals surface area contributed by atoms with E-state index in [1.807, 2.05) is 29.2 Å². The van der Waals surface area contributed by atoms with Gasteiger partial charge in [0.15, 0.2) is 0 Å². The molecule has 1 saturated heterocycles. The molecule has 5 nitrogen and oxygen atoms in total. The first-order chi connectivity index (χ1) is 12.2. The second-order valence-corrected chi connectivity index (χ2v) is 7.24. The van der Waals surface area contributed by atoms with Gasteiger partial charge in [0.05, 0.1) is 19.6 Å². The highest BCUT2D eigenvalue weighted by Gasteiger charge is 2.39. The van der Waals surface area contributed by atoms with Crippen LogP contribution in [0, 0.1) is 17.8 Å². The van der Waals surface area contributed by atoms with Crippen LogP contribution in [0.1, 0.15) is 18.4 Å². The molecule has 5 heteroatoms. The lowest BCUT2D eigenvalue weighted by Crippen LogP contribution is -2.41. The summed E-state index contributed by atoms with van der Waals surface area (Å²) >= 11 is 0. The highest BCUT2D eigenvalue weighted by Crippen LogP contribution is 2.43. The van der Waals surface area contributed by atoms with Crippen molar-refractivity contribution in [3.8, 4) is 0 Å². The van der Waals surface area contributed by atoms with Crippen LogP contribution < -0.4 is 5.32 Å². The fraction of sp³-hybridized carbons (Fsp3) is 0.500. The van der Waals surface area contributed by atoms with Gasteiger partial charge in [-0.1, -0.05) is 24.3 Å². The molecule has 132 valence electrons. The molecule has 0 radical (unpaired) electrons. The maximum absolute atomic E-state index is 12.5. The molecule has 25 heavy (non-hydrogen) atoms. The molecule has 3 aliphatic rings. The van der Waals surface area contributed by atoms with Gasteiger partial charge in [-0.15, -0.1) is 0 Å². The van der Waals surface area contributed by atoms with Crippen molar-refractivity contribution >= 4 is 17.5 Å². The summed E-state index contributed by atoms with van der Waals surface area (Å²) in [4.78, 5) is 26.6. The second kappa shape index (κ2) is 7.00. The van der Waals surface area contributed by atoms with E-state index in [4.69, 9.17) is 4.74 Å². The summed E-state index contributed by atoms with van der Waals surface area (Å²) in [5.41, 5.74) is 1.77. The molecule has 2 aliphatic carbocycles. The molecule has 1 heterocycles. The average molecular weight is 340 g/mol. The van der Waals surface area contributed by atoms with Crippen molar-refractivity contribution in [2.24, 2.45) is 17.8 Å². The van der Waals surface area contributed by atoms with Gasteiger partial charge in [0.1, 0.15) is 0 Å². The fourth-order valence-electron chi connectivity index (χ4n) is 4.12. The van der Waals surface area contributed by atoms with Gasteiger partial charge < -0.3 is 15.0 Å². The van der Waals surface area contributed by atoms with Gasteiger partial charge in [-0.3, -0.25) is 9.59 Å². The summed E-state index contributed by atoms with van der Waals surface area (Å²) in [7, 11) is 0. The molecule has 0 aromatic heterocycles. The first-order valence-corrected chi connectivity index (χ1v) is 9.13.